The van der Waals surface area contributed by atoms with Crippen molar-refractivity contribution >= 4 is 11.6 Å². The highest BCUT2D eigenvalue weighted by atomic mass is 35.5. The fourth-order valence-corrected chi connectivity index (χ4v) is 3.23. The summed E-state index contributed by atoms with van der Waals surface area (Å²) in [5.41, 5.74) is 0.188. The maximum absolute atomic E-state index is 10.8. The summed E-state index contributed by atoms with van der Waals surface area (Å²) in [7, 11) is 1.63. The molecular weight excluding hydrogens is 264 g/mol. The fourth-order valence-electron chi connectivity index (χ4n) is 3.03. The van der Waals surface area contributed by atoms with Crippen molar-refractivity contribution in [1.29, 1.82) is 0 Å². The minimum absolute atomic E-state index is 0.0685. The third-order valence-electron chi connectivity index (χ3n) is 3.56. The van der Waals surface area contributed by atoms with E-state index in [4.69, 9.17) is 21.1 Å². The zero-order valence-electron chi connectivity index (χ0n) is 11.6. The van der Waals surface area contributed by atoms with Crippen molar-refractivity contribution in [2.75, 3.05) is 7.11 Å². The molecule has 2 rings (SSSR count). The second-order valence-corrected chi connectivity index (χ2v) is 5.96. The van der Waals surface area contributed by atoms with Crippen LogP contribution in [0.2, 0.25) is 5.02 Å². The van der Waals surface area contributed by atoms with Gasteiger partial charge < -0.3 is 14.6 Å². The van der Waals surface area contributed by atoms with Gasteiger partial charge in [-0.3, -0.25) is 0 Å². The van der Waals surface area contributed by atoms with Gasteiger partial charge in [-0.15, -0.1) is 0 Å². The minimum atomic E-state index is -0.755. The zero-order chi connectivity index (χ0) is 14.0. The second kappa shape index (κ2) is 5.70. The molecule has 1 N–H and O–H groups in total. The Balaban J connectivity index is 2.21. The molecule has 1 fully saturated rings. The summed E-state index contributed by atoms with van der Waals surface area (Å²) < 4.78 is 11.0. The molecule has 0 saturated carbocycles. The van der Waals surface area contributed by atoms with Crippen molar-refractivity contribution in [2.24, 2.45) is 0 Å². The Labute approximate surface area is 119 Å². The lowest BCUT2D eigenvalue weighted by atomic mass is 9.82. The Bertz CT molecular complexity index is 437. The number of benzene rings is 1. The highest BCUT2D eigenvalue weighted by molar-refractivity contribution is 6.30. The monoisotopic (exact) mass is 284 g/mol. The first-order valence-electron chi connectivity index (χ1n) is 6.62. The van der Waals surface area contributed by atoms with E-state index in [2.05, 4.69) is 0 Å². The SMILES string of the molecule is COc1ccc(Cl)cc1CC1(O)CC(C)OC(C)C1. The molecule has 0 aliphatic carbocycles. The summed E-state index contributed by atoms with van der Waals surface area (Å²) in [5.74, 6) is 0.768. The molecule has 0 bridgehead atoms. The molecule has 1 aromatic carbocycles. The van der Waals surface area contributed by atoms with Crippen molar-refractivity contribution in [2.45, 2.75) is 50.9 Å². The van der Waals surface area contributed by atoms with Gasteiger partial charge in [-0.25, -0.2) is 0 Å². The van der Waals surface area contributed by atoms with Gasteiger partial charge in [0.25, 0.3) is 0 Å². The van der Waals surface area contributed by atoms with Crippen LogP contribution in [-0.4, -0.2) is 30.0 Å². The number of halogens is 1. The van der Waals surface area contributed by atoms with Crippen LogP contribution in [0.3, 0.4) is 0 Å². The van der Waals surface area contributed by atoms with E-state index in [0.29, 0.717) is 24.3 Å². The molecule has 1 heterocycles. The van der Waals surface area contributed by atoms with Gasteiger partial charge in [0.05, 0.1) is 24.9 Å². The van der Waals surface area contributed by atoms with Gasteiger partial charge in [0.2, 0.25) is 0 Å². The van der Waals surface area contributed by atoms with Crippen LogP contribution in [0.25, 0.3) is 0 Å². The minimum Gasteiger partial charge on any atom is -0.496 e. The van der Waals surface area contributed by atoms with Crippen molar-refractivity contribution in [3.05, 3.63) is 28.8 Å². The number of ether oxygens (including phenoxy) is 2. The van der Waals surface area contributed by atoms with E-state index in [9.17, 15) is 5.11 Å². The standard InChI is InChI=1S/C15H21ClO3/c1-10-7-15(17,8-11(2)19-10)9-12-6-13(16)4-5-14(12)18-3/h4-6,10-11,17H,7-9H2,1-3H3. The smallest absolute Gasteiger partial charge is 0.122 e. The van der Waals surface area contributed by atoms with E-state index >= 15 is 0 Å². The molecule has 4 heteroatoms. The Morgan fingerprint density at radius 2 is 2.00 bits per heavy atom. The van der Waals surface area contributed by atoms with Crippen molar-refractivity contribution in [3.8, 4) is 5.75 Å². The van der Waals surface area contributed by atoms with Crippen LogP contribution in [0.4, 0.5) is 0 Å². The molecule has 2 unspecified atom stereocenters. The summed E-state index contributed by atoms with van der Waals surface area (Å²) in [6.07, 6.45) is 1.94. The predicted molar refractivity (Wildman–Crippen MR) is 75.9 cm³/mol. The average Bonchev–Trinajstić information content (AvgIpc) is 2.26. The Kier molecular flexibility index (Phi) is 4.39. The Hall–Kier alpha value is -0.770. The van der Waals surface area contributed by atoms with Crippen LogP contribution >= 0.6 is 11.6 Å². The van der Waals surface area contributed by atoms with Gasteiger partial charge >= 0.3 is 0 Å². The molecule has 0 aromatic heterocycles. The first-order chi connectivity index (χ1) is 8.92. The normalized spacial score (nSPS) is 31.2. The maximum atomic E-state index is 10.8. The molecule has 1 aromatic rings. The maximum Gasteiger partial charge on any atom is 0.122 e. The van der Waals surface area contributed by atoms with Crippen LogP contribution in [0, 0.1) is 0 Å². The average molecular weight is 285 g/mol. The summed E-state index contributed by atoms with van der Waals surface area (Å²) in [5, 5.41) is 11.5. The van der Waals surface area contributed by atoms with Gasteiger partial charge in [-0.2, -0.15) is 0 Å². The summed E-state index contributed by atoms with van der Waals surface area (Å²) >= 11 is 6.03. The third-order valence-corrected chi connectivity index (χ3v) is 3.80. The zero-order valence-corrected chi connectivity index (χ0v) is 12.4. The lowest BCUT2D eigenvalue weighted by Crippen LogP contribution is -2.44. The van der Waals surface area contributed by atoms with Crippen LogP contribution in [-0.2, 0) is 11.2 Å². The van der Waals surface area contributed by atoms with Crippen molar-refractivity contribution in [1.82, 2.24) is 0 Å². The molecule has 1 aliphatic heterocycles. The highest BCUT2D eigenvalue weighted by Crippen LogP contribution is 2.35. The fraction of sp³-hybridized carbons (Fsp3) is 0.600. The lowest BCUT2D eigenvalue weighted by Gasteiger charge is -2.39. The number of rotatable bonds is 3. The molecular formula is C15H21ClO3. The van der Waals surface area contributed by atoms with Gasteiger partial charge in [-0.05, 0) is 37.6 Å². The van der Waals surface area contributed by atoms with E-state index in [1.807, 2.05) is 26.0 Å². The van der Waals surface area contributed by atoms with Gasteiger partial charge in [0.15, 0.2) is 0 Å². The topological polar surface area (TPSA) is 38.7 Å². The van der Waals surface area contributed by atoms with Crippen LogP contribution in [0.1, 0.15) is 32.3 Å². The number of methoxy groups -OCH3 is 1. The van der Waals surface area contributed by atoms with E-state index in [1.54, 1.807) is 13.2 Å². The van der Waals surface area contributed by atoms with Crippen LogP contribution in [0.15, 0.2) is 18.2 Å². The lowest BCUT2D eigenvalue weighted by molar-refractivity contribution is -0.130. The van der Waals surface area contributed by atoms with Gasteiger partial charge in [-0.1, -0.05) is 11.6 Å². The Morgan fingerprint density at radius 1 is 1.37 bits per heavy atom. The molecule has 1 aliphatic rings. The number of aliphatic hydroxyl groups is 1. The molecule has 106 valence electrons. The molecule has 19 heavy (non-hydrogen) atoms. The van der Waals surface area contributed by atoms with E-state index in [-0.39, 0.29) is 12.2 Å². The molecule has 0 radical (unpaired) electrons. The summed E-state index contributed by atoms with van der Waals surface area (Å²) in [4.78, 5) is 0. The molecule has 1 saturated heterocycles. The highest BCUT2D eigenvalue weighted by Gasteiger charge is 2.37. The third kappa shape index (κ3) is 3.62. The Morgan fingerprint density at radius 3 is 2.58 bits per heavy atom. The summed E-state index contributed by atoms with van der Waals surface area (Å²) in [6.45, 7) is 3.99. The predicted octanol–water partition coefficient (Wildman–Crippen LogP) is 3.21. The van der Waals surface area contributed by atoms with Crippen LogP contribution < -0.4 is 4.74 Å². The van der Waals surface area contributed by atoms with Crippen molar-refractivity contribution < 1.29 is 14.6 Å². The van der Waals surface area contributed by atoms with E-state index < -0.39 is 5.60 Å². The molecule has 3 nitrogen and oxygen atoms in total. The van der Waals surface area contributed by atoms with Gasteiger partial charge in [0.1, 0.15) is 5.75 Å². The molecule has 0 spiro atoms. The number of hydrogen-bond acceptors (Lipinski definition) is 3. The van der Waals surface area contributed by atoms with Crippen molar-refractivity contribution in [3.63, 3.8) is 0 Å². The largest absolute Gasteiger partial charge is 0.496 e. The van der Waals surface area contributed by atoms with Crippen LogP contribution in [0.5, 0.6) is 5.75 Å². The quantitative estimate of drug-likeness (QED) is 0.926. The van der Waals surface area contributed by atoms with E-state index in [1.165, 1.54) is 0 Å². The second-order valence-electron chi connectivity index (χ2n) is 5.52. The molecule has 0 amide bonds. The number of hydrogen-bond donors (Lipinski definition) is 1. The van der Waals surface area contributed by atoms with Gasteiger partial charge in [0, 0.05) is 24.3 Å². The first-order valence-corrected chi connectivity index (χ1v) is 7.00. The van der Waals surface area contributed by atoms with E-state index in [0.717, 1.165) is 11.3 Å². The summed E-state index contributed by atoms with van der Waals surface area (Å²) in [6, 6.07) is 5.50. The molecule has 2 atom stereocenters. The first kappa shape index (κ1) is 14.6.